The molecule has 1 aliphatic carbocycles. The van der Waals surface area contributed by atoms with Crippen LogP contribution in [0.5, 0.6) is 0 Å². The lowest BCUT2D eigenvalue weighted by Crippen LogP contribution is -1.90. The fourth-order valence-corrected chi connectivity index (χ4v) is 0.910. The molecule has 0 fully saturated rings. The maximum atomic E-state index is 5.70. The number of hydrogen-bond acceptors (Lipinski definition) is 1. The molecule has 0 aromatic rings. The summed E-state index contributed by atoms with van der Waals surface area (Å²) in [6, 6.07) is 0. The van der Waals surface area contributed by atoms with Crippen LogP contribution in [0.2, 0.25) is 0 Å². The van der Waals surface area contributed by atoms with Crippen LogP contribution in [0, 0.1) is 0 Å². The fraction of sp³-hybridized carbons (Fsp3) is 0.429. The van der Waals surface area contributed by atoms with Crippen molar-refractivity contribution >= 4 is 11.6 Å². The van der Waals surface area contributed by atoms with Crippen LogP contribution in [-0.4, -0.2) is 7.11 Å². The van der Waals surface area contributed by atoms with Crippen LogP contribution in [0.15, 0.2) is 22.9 Å². The standard InChI is InChI=1S/C7H9ClO/c1-9-7-4-2-6(8)3-5-7/h2,5H,3-4H2,1H3. The summed E-state index contributed by atoms with van der Waals surface area (Å²) >= 11 is 5.70. The highest BCUT2D eigenvalue weighted by atomic mass is 35.5. The van der Waals surface area contributed by atoms with Gasteiger partial charge in [0.05, 0.1) is 12.9 Å². The molecule has 0 aliphatic heterocycles. The third-order valence-electron chi connectivity index (χ3n) is 1.31. The van der Waals surface area contributed by atoms with Crippen molar-refractivity contribution in [1.29, 1.82) is 0 Å². The SMILES string of the molecule is COC1=CCC(Cl)=CC1. The highest BCUT2D eigenvalue weighted by molar-refractivity contribution is 6.29. The molecule has 0 aromatic carbocycles. The molecule has 1 rings (SSSR count). The Labute approximate surface area is 60.0 Å². The number of halogens is 1. The average molecular weight is 145 g/mol. The Kier molecular flexibility index (Phi) is 2.17. The van der Waals surface area contributed by atoms with Crippen LogP contribution in [0.4, 0.5) is 0 Å². The zero-order valence-electron chi connectivity index (χ0n) is 5.36. The number of methoxy groups -OCH3 is 1. The van der Waals surface area contributed by atoms with Gasteiger partial charge in [0, 0.05) is 17.9 Å². The van der Waals surface area contributed by atoms with Crippen LogP contribution in [0.25, 0.3) is 0 Å². The molecule has 0 saturated carbocycles. The molecular weight excluding hydrogens is 136 g/mol. The molecule has 0 spiro atoms. The van der Waals surface area contributed by atoms with E-state index in [0.717, 1.165) is 23.6 Å². The Bertz CT molecular complexity index is 158. The first-order valence-electron chi connectivity index (χ1n) is 2.90. The normalized spacial score (nSPS) is 18.4. The van der Waals surface area contributed by atoms with Gasteiger partial charge in [0.1, 0.15) is 0 Å². The van der Waals surface area contributed by atoms with Crippen molar-refractivity contribution < 1.29 is 4.74 Å². The van der Waals surface area contributed by atoms with Gasteiger partial charge in [0.2, 0.25) is 0 Å². The van der Waals surface area contributed by atoms with Crippen molar-refractivity contribution in [3.63, 3.8) is 0 Å². The Balaban J connectivity index is 2.48. The van der Waals surface area contributed by atoms with E-state index in [-0.39, 0.29) is 0 Å². The van der Waals surface area contributed by atoms with E-state index in [1.165, 1.54) is 0 Å². The molecule has 1 nitrogen and oxygen atoms in total. The van der Waals surface area contributed by atoms with Gasteiger partial charge in [0.15, 0.2) is 0 Å². The summed E-state index contributed by atoms with van der Waals surface area (Å²) in [5.41, 5.74) is 0. The minimum absolute atomic E-state index is 0.824. The Morgan fingerprint density at radius 2 is 2.22 bits per heavy atom. The molecule has 1 aliphatic rings. The first-order chi connectivity index (χ1) is 4.33. The molecule has 0 aromatic heterocycles. The first-order valence-corrected chi connectivity index (χ1v) is 3.28. The van der Waals surface area contributed by atoms with Gasteiger partial charge in [-0.05, 0) is 6.08 Å². The molecule has 2 heteroatoms. The zero-order chi connectivity index (χ0) is 6.69. The number of rotatable bonds is 1. The lowest BCUT2D eigenvalue weighted by atomic mass is 10.2. The molecular formula is C7H9ClO. The van der Waals surface area contributed by atoms with Crippen molar-refractivity contribution in [3.05, 3.63) is 22.9 Å². The number of ether oxygens (including phenoxy) is 1. The Morgan fingerprint density at radius 1 is 1.44 bits per heavy atom. The van der Waals surface area contributed by atoms with E-state index in [9.17, 15) is 0 Å². The maximum Gasteiger partial charge on any atom is 0.0957 e. The predicted octanol–water partition coefficient (Wildman–Crippen LogP) is 2.43. The lowest BCUT2D eigenvalue weighted by molar-refractivity contribution is 0.282. The monoisotopic (exact) mass is 144 g/mol. The van der Waals surface area contributed by atoms with Crippen LogP contribution < -0.4 is 0 Å². The van der Waals surface area contributed by atoms with Gasteiger partial charge >= 0.3 is 0 Å². The minimum atomic E-state index is 0.824. The Morgan fingerprint density at radius 3 is 2.67 bits per heavy atom. The molecule has 0 unspecified atom stereocenters. The molecule has 0 radical (unpaired) electrons. The zero-order valence-corrected chi connectivity index (χ0v) is 6.11. The summed E-state index contributed by atoms with van der Waals surface area (Å²) < 4.78 is 5.00. The van der Waals surface area contributed by atoms with Crippen LogP contribution in [0.1, 0.15) is 12.8 Å². The summed E-state index contributed by atoms with van der Waals surface area (Å²) in [6.45, 7) is 0. The molecule has 9 heavy (non-hydrogen) atoms. The van der Waals surface area contributed by atoms with E-state index in [2.05, 4.69) is 0 Å². The number of hydrogen-bond donors (Lipinski definition) is 0. The van der Waals surface area contributed by atoms with Crippen LogP contribution in [0.3, 0.4) is 0 Å². The van der Waals surface area contributed by atoms with Crippen LogP contribution >= 0.6 is 11.6 Å². The van der Waals surface area contributed by atoms with Gasteiger partial charge < -0.3 is 4.74 Å². The summed E-state index contributed by atoms with van der Waals surface area (Å²) in [7, 11) is 1.68. The molecule has 0 atom stereocenters. The van der Waals surface area contributed by atoms with Crippen molar-refractivity contribution in [2.24, 2.45) is 0 Å². The van der Waals surface area contributed by atoms with E-state index in [4.69, 9.17) is 16.3 Å². The average Bonchev–Trinajstić information content (AvgIpc) is 1.90. The third-order valence-corrected chi connectivity index (χ3v) is 1.62. The molecule has 0 bridgehead atoms. The Hall–Kier alpha value is -0.430. The predicted molar refractivity (Wildman–Crippen MR) is 38.3 cm³/mol. The second kappa shape index (κ2) is 2.92. The summed E-state index contributed by atoms with van der Waals surface area (Å²) in [4.78, 5) is 0. The van der Waals surface area contributed by atoms with Gasteiger partial charge in [-0.1, -0.05) is 17.7 Å². The van der Waals surface area contributed by atoms with E-state index in [1.54, 1.807) is 7.11 Å². The van der Waals surface area contributed by atoms with Gasteiger partial charge in [-0.3, -0.25) is 0 Å². The van der Waals surface area contributed by atoms with E-state index in [0.29, 0.717) is 0 Å². The number of allylic oxidation sites excluding steroid dienone is 3. The minimum Gasteiger partial charge on any atom is -0.501 e. The smallest absolute Gasteiger partial charge is 0.0957 e. The lowest BCUT2D eigenvalue weighted by Gasteiger charge is -2.07. The molecule has 0 N–H and O–H groups in total. The quantitative estimate of drug-likeness (QED) is 0.549. The largest absolute Gasteiger partial charge is 0.501 e. The van der Waals surface area contributed by atoms with Gasteiger partial charge in [-0.2, -0.15) is 0 Å². The van der Waals surface area contributed by atoms with Gasteiger partial charge in [0.25, 0.3) is 0 Å². The third kappa shape index (κ3) is 1.75. The summed E-state index contributed by atoms with van der Waals surface area (Å²) in [5.74, 6) is 1.01. The van der Waals surface area contributed by atoms with E-state index < -0.39 is 0 Å². The topological polar surface area (TPSA) is 9.23 Å². The summed E-state index contributed by atoms with van der Waals surface area (Å²) in [5, 5.41) is 0.913. The highest BCUT2D eigenvalue weighted by Crippen LogP contribution is 2.19. The van der Waals surface area contributed by atoms with Crippen molar-refractivity contribution in [2.75, 3.05) is 7.11 Å². The van der Waals surface area contributed by atoms with Crippen molar-refractivity contribution in [2.45, 2.75) is 12.8 Å². The van der Waals surface area contributed by atoms with Crippen LogP contribution in [-0.2, 0) is 4.74 Å². The second-order valence-electron chi connectivity index (χ2n) is 1.93. The van der Waals surface area contributed by atoms with E-state index >= 15 is 0 Å². The highest BCUT2D eigenvalue weighted by Gasteiger charge is 2.01. The molecule has 0 amide bonds. The summed E-state index contributed by atoms with van der Waals surface area (Å²) in [6.07, 6.45) is 5.64. The first kappa shape index (κ1) is 6.69. The maximum absolute atomic E-state index is 5.70. The molecule has 0 saturated heterocycles. The van der Waals surface area contributed by atoms with Crippen molar-refractivity contribution in [3.8, 4) is 0 Å². The van der Waals surface area contributed by atoms with Gasteiger partial charge in [-0.25, -0.2) is 0 Å². The van der Waals surface area contributed by atoms with E-state index in [1.807, 2.05) is 12.2 Å². The molecule has 0 heterocycles. The van der Waals surface area contributed by atoms with Crippen molar-refractivity contribution in [1.82, 2.24) is 0 Å². The van der Waals surface area contributed by atoms with Gasteiger partial charge in [-0.15, -0.1) is 0 Å². The second-order valence-corrected chi connectivity index (χ2v) is 2.42. The molecule has 50 valence electrons. The fourth-order valence-electron chi connectivity index (χ4n) is 0.756.